The lowest BCUT2D eigenvalue weighted by Gasteiger charge is -2.24. The van der Waals surface area contributed by atoms with Crippen LogP contribution in [-0.2, 0) is 23.0 Å². The number of hydrogen-bond acceptors (Lipinski definition) is 3. The summed E-state index contributed by atoms with van der Waals surface area (Å²) in [7, 11) is -3.99. The fourth-order valence-electron chi connectivity index (χ4n) is 2.24. The van der Waals surface area contributed by atoms with Gasteiger partial charge in [0.2, 0.25) is 10.0 Å². The molecule has 1 aromatic rings. The van der Waals surface area contributed by atoms with Crippen molar-refractivity contribution in [1.82, 2.24) is 10.0 Å². The van der Waals surface area contributed by atoms with Crippen molar-refractivity contribution in [2.24, 2.45) is 0 Å². The van der Waals surface area contributed by atoms with Gasteiger partial charge in [0.15, 0.2) is 0 Å². The van der Waals surface area contributed by atoms with Crippen LogP contribution in [0.2, 0.25) is 0 Å². The first kappa shape index (κ1) is 20.1. The van der Waals surface area contributed by atoms with Gasteiger partial charge in [0.1, 0.15) is 6.67 Å². The minimum absolute atomic E-state index is 0. The molecule has 0 unspecified atom stereocenters. The van der Waals surface area contributed by atoms with Gasteiger partial charge >= 0.3 is 6.18 Å². The van der Waals surface area contributed by atoms with E-state index in [1.54, 1.807) is 6.07 Å². The third kappa shape index (κ3) is 5.59. The van der Waals surface area contributed by atoms with Crippen LogP contribution >= 0.6 is 12.4 Å². The molecule has 0 spiro atoms. The van der Waals surface area contributed by atoms with Crippen molar-refractivity contribution in [3.05, 3.63) is 29.3 Å². The SMILES string of the molecule is Cl.O=S(=O)(NCCC(F)(F)F)c1ccc2c(c1)CN[C@@H](CF)C2. The third-order valence-corrected chi connectivity index (χ3v) is 4.88. The highest BCUT2D eigenvalue weighted by atomic mass is 35.5. The summed E-state index contributed by atoms with van der Waals surface area (Å²) in [5.74, 6) is 0. The molecule has 10 heteroatoms. The Balaban J connectivity index is 0.00000264. The average Bonchev–Trinajstić information content (AvgIpc) is 2.44. The molecule has 0 radical (unpaired) electrons. The Bertz CT molecular complexity index is 637. The molecule has 23 heavy (non-hydrogen) atoms. The lowest BCUT2D eigenvalue weighted by atomic mass is 9.96. The highest BCUT2D eigenvalue weighted by Gasteiger charge is 2.28. The zero-order valence-electron chi connectivity index (χ0n) is 12.0. The molecule has 0 bridgehead atoms. The van der Waals surface area contributed by atoms with E-state index in [0.29, 0.717) is 18.5 Å². The molecule has 2 N–H and O–H groups in total. The van der Waals surface area contributed by atoms with Crippen LogP contribution in [0.1, 0.15) is 17.5 Å². The van der Waals surface area contributed by atoms with Gasteiger partial charge in [-0.15, -0.1) is 12.4 Å². The van der Waals surface area contributed by atoms with Crippen LogP contribution in [0, 0.1) is 0 Å². The fraction of sp³-hybridized carbons (Fsp3) is 0.538. The van der Waals surface area contributed by atoms with E-state index < -0.39 is 35.8 Å². The van der Waals surface area contributed by atoms with E-state index in [2.05, 4.69) is 5.32 Å². The molecular formula is C13H17ClF4N2O2S. The van der Waals surface area contributed by atoms with Crippen LogP contribution in [0.3, 0.4) is 0 Å². The second-order valence-corrected chi connectivity index (χ2v) is 6.90. The molecule has 1 aliphatic rings. The van der Waals surface area contributed by atoms with Gasteiger partial charge in [0.25, 0.3) is 0 Å². The van der Waals surface area contributed by atoms with Crippen LogP contribution in [-0.4, -0.2) is 33.9 Å². The molecule has 0 amide bonds. The smallest absolute Gasteiger partial charge is 0.307 e. The fourth-order valence-corrected chi connectivity index (χ4v) is 3.33. The largest absolute Gasteiger partial charge is 0.390 e. The van der Waals surface area contributed by atoms with Crippen molar-refractivity contribution < 1.29 is 26.0 Å². The number of hydrogen-bond donors (Lipinski definition) is 2. The Hall–Kier alpha value is -0.900. The van der Waals surface area contributed by atoms with Crippen LogP contribution in [0.4, 0.5) is 17.6 Å². The van der Waals surface area contributed by atoms with E-state index in [9.17, 15) is 26.0 Å². The van der Waals surface area contributed by atoms with E-state index in [0.717, 1.165) is 5.56 Å². The summed E-state index contributed by atoms with van der Waals surface area (Å²) in [5.41, 5.74) is 1.55. The first-order chi connectivity index (χ1) is 10.2. The number of halogens is 5. The second-order valence-electron chi connectivity index (χ2n) is 5.13. The lowest BCUT2D eigenvalue weighted by molar-refractivity contribution is -0.132. The van der Waals surface area contributed by atoms with Gasteiger partial charge in [-0.3, -0.25) is 0 Å². The molecule has 1 heterocycles. The second kappa shape index (κ2) is 7.78. The first-order valence-electron chi connectivity index (χ1n) is 6.69. The molecule has 0 aliphatic carbocycles. The number of alkyl halides is 4. The van der Waals surface area contributed by atoms with Crippen LogP contribution < -0.4 is 10.0 Å². The molecule has 132 valence electrons. The average molecular weight is 377 g/mol. The highest BCUT2D eigenvalue weighted by Crippen LogP contribution is 2.22. The molecule has 2 rings (SSSR count). The molecule has 1 aromatic carbocycles. The summed E-state index contributed by atoms with van der Waals surface area (Å²) in [6, 6.07) is 4.03. The molecule has 0 aromatic heterocycles. The molecule has 0 saturated heterocycles. The molecule has 0 fully saturated rings. The van der Waals surface area contributed by atoms with E-state index >= 15 is 0 Å². The Morgan fingerprint density at radius 1 is 1.26 bits per heavy atom. The number of benzene rings is 1. The molecule has 1 atom stereocenters. The van der Waals surface area contributed by atoms with Crippen molar-refractivity contribution in [2.45, 2.75) is 36.5 Å². The monoisotopic (exact) mass is 376 g/mol. The number of fused-ring (bicyclic) bond motifs is 1. The summed E-state index contributed by atoms with van der Waals surface area (Å²) in [6.45, 7) is -0.889. The molecular weight excluding hydrogens is 360 g/mol. The summed E-state index contributed by atoms with van der Waals surface area (Å²) >= 11 is 0. The minimum atomic E-state index is -4.41. The van der Waals surface area contributed by atoms with Crippen molar-refractivity contribution in [3.63, 3.8) is 0 Å². The summed E-state index contributed by atoms with van der Waals surface area (Å²) in [6.07, 6.45) is -5.19. The maximum absolute atomic E-state index is 12.6. The van der Waals surface area contributed by atoms with Gasteiger partial charge in [-0.1, -0.05) is 6.07 Å². The Morgan fingerprint density at radius 3 is 2.57 bits per heavy atom. The predicted octanol–water partition coefficient (Wildman–Crippen LogP) is 2.32. The van der Waals surface area contributed by atoms with Crippen LogP contribution in [0.15, 0.2) is 23.1 Å². The summed E-state index contributed by atoms with van der Waals surface area (Å²) in [5, 5.41) is 2.93. The van der Waals surface area contributed by atoms with E-state index in [1.165, 1.54) is 12.1 Å². The molecule has 0 saturated carbocycles. The number of sulfonamides is 1. The summed E-state index contributed by atoms with van der Waals surface area (Å²) < 4.78 is 74.6. The van der Waals surface area contributed by atoms with Gasteiger partial charge in [0.05, 0.1) is 11.3 Å². The van der Waals surface area contributed by atoms with E-state index in [4.69, 9.17) is 0 Å². The maximum atomic E-state index is 12.6. The Kier molecular flexibility index (Phi) is 6.81. The highest BCUT2D eigenvalue weighted by molar-refractivity contribution is 7.89. The van der Waals surface area contributed by atoms with Gasteiger partial charge in [-0.2, -0.15) is 13.2 Å². The lowest BCUT2D eigenvalue weighted by Crippen LogP contribution is -2.37. The van der Waals surface area contributed by atoms with Crippen molar-refractivity contribution in [2.75, 3.05) is 13.2 Å². The standard InChI is InChI=1S/C13H16F4N2O2S.ClH/c14-7-11-5-9-1-2-12(6-10(9)8-18-11)22(20,21)19-4-3-13(15,16)17;/h1-2,6,11,18-19H,3-5,7-8H2;1H/t11-;/m1./s1. The Labute approximate surface area is 138 Å². The van der Waals surface area contributed by atoms with Gasteiger partial charge < -0.3 is 5.32 Å². The van der Waals surface area contributed by atoms with Gasteiger partial charge in [-0.05, 0) is 29.7 Å². The van der Waals surface area contributed by atoms with Crippen molar-refractivity contribution in [3.8, 4) is 0 Å². The van der Waals surface area contributed by atoms with Crippen LogP contribution in [0.25, 0.3) is 0 Å². The first-order valence-corrected chi connectivity index (χ1v) is 8.17. The maximum Gasteiger partial charge on any atom is 0.390 e. The Morgan fingerprint density at radius 2 is 1.96 bits per heavy atom. The topological polar surface area (TPSA) is 58.2 Å². The van der Waals surface area contributed by atoms with Crippen LogP contribution in [0.5, 0.6) is 0 Å². The van der Waals surface area contributed by atoms with Gasteiger partial charge in [-0.25, -0.2) is 17.5 Å². The van der Waals surface area contributed by atoms with E-state index in [-0.39, 0.29) is 23.3 Å². The van der Waals surface area contributed by atoms with Gasteiger partial charge in [0, 0.05) is 19.1 Å². The normalized spacial score (nSPS) is 18.2. The number of nitrogens with one attached hydrogen (secondary N) is 2. The summed E-state index contributed by atoms with van der Waals surface area (Å²) in [4.78, 5) is -0.0890. The van der Waals surface area contributed by atoms with Crippen molar-refractivity contribution >= 4 is 22.4 Å². The van der Waals surface area contributed by atoms with Crippen molar-refractivity contribution in [1.29, 1.82) is 0 Å². The van der Waals surface area contributed by atoms with E-state index in [1.807, 2.05) is 4.72 Å². The zero-order chi connectivity index (χ0) is 16.4. The number of rotatable bonds is 5. The minimum Gasteiger partial charge on any atom is -0.307 e. The predicted molar refractivity (Wildman–Crippen MR) is 79.9 cm³/mol. The molecule has 1 aliphatic heterocycles. The third-order valence-electron chi connectivity index (χ3n) is 3.42. The quantitative estimate of drug-likeness (QED) is 0.775. The molecule has 4 nitrogen and oxygen atoms in total. The zero-order valence-corrected chi connectivity index (χ0v) is 13.6.